The van der Waals surface area contributed by atoms with Gasteiger partial charge in [-0.15, -0.1) is 0 Å². The van der Waals surface area contributed by atoms with Crippen LogP contribution in [-0.4, -0.2) is 17.6 Å². The number of H-pyrrole nitrogens is 1. The zero-order valence-corrected chi connectivity index (χ0v) is 8.84. The predicted octanol–water partition coefficient (Wildman–Crippen LogP) is 1.80. The Kier molecular flexibility index (Phi) is 3.76. The van der Waals surface area contributed by atoms with Crippen molar-refractivity contribution in [2.24, 2.45) is 0 Å². The molecule has 1 heterocycles. The summed E-state index contributed by atoms with van der Waals surface area (Å²) in [4.78, 5) is 24.8. The molecule has 0 radical (unpaired) electrons. The Morgan fingerprint density at radius 2 is 2.19 bits per heavy atom. The summed E-state index contributed by atoms with van der Waals surface area (Å²) < 4.78 is 29.9. The SMILES string of the molecule is CCOC(=O)c1c(C)c[nH]c(=O)c1C(F)F. The largest absolute Gasteiger partial charge is 0.462 e. The molecule has 0 aliphatic heterocycles. The molecule has 0 unspecified atom stereocenters. The molecule has 0 aliphatic rings. The van der Waals surface area contributed by atoms with Gasteiger partial charge in [-0.25, -0.2) is 13.6 Å². The summed E-state index contributed by atoms with van der Waals surface area (Å²) in [6.45, 7) is 3.07. The zero-order valence-electron chi connectivity index (χ0n) is 8.84. The minimum absolute atomic E-state index is 0.0632. The maximum atomic E-state index is 12.6. The van der Waals surface area contributed by atoms with Gasteiger partial charge in [0, 0.05) is 6.20 Å². The highest BCUT2D eigenvalue weighted by molar-refractivity contribution is 5.92. The number of rotatable bonds is 3. The summed E-state index contributed by atoms with van der Waals surface area (Å²) in [6.07, 6.45) is -1.80. The number of carbonyl (C=O) groups excluding carboxylic acids is 1. The van der Waals surface area contributed by atoms with E-state index in [0.717, 1.165) is 0 Å². The summed E-state index contributed by atoms with van der Waals surface area (Å²) >= 11 is 0. The van der Waals surface area contributed by atoms with Crippen LogP contribution in [0.3, 0.4) is 0 Å². The quantitative estimate of drug-likeness (QED) is 0.807. The van der Waals surface area contributed by atoms with Crippen LogP contribution in [0, 0.1) is 6.92 Å². The third-order valence-corrected chi connectivity index (χ3v) is 2.03. The van der Waals surface area contributed by atoms with Crippen LogP contribution in [-0.2, 0) is 4.74 Å². The topological polar surface area (TPSA) is 59.2 Å². The number of alkyl halides is 2. The monoisotopic (exact) mass is 231 g/mol. The first kappa shape index (κ1) is 12.4. The minimum atomic E-state index is -3.01. The molecule has 0 atom stereocenters. The van der Waals surface area contributed by atoms with Gasteiger partial charge in [0.05, 0.1) is 17.7 Å². The number of hydrogen-bond acceptors (Lipinski definition) is 3. The zero-order chi connectivity index (χ0) is 12.3. The highest BCUT2D eigenvalue weighted by atomic mass is 19.3. The molecule has 0 bridgehead atoms. The molecule has 6 heteroatoms. The van der Waals surface area contributed by atoms with E-state index in [1.807, 2.05) is 0 Å². The van der Waals surface area contributed by atoms with Crippen molar-refractivity contribution < 1.29 is 18.3 Å². The maximum Gasteiger partial charge on any atom is 0.339 e. The van der Waals surface area contributed by atoms with Crippen molar-refractivity contribution in [1.82, 2.24) is 4.98 Å². The van der Waals surface area contributed by atoms with Gasteiger partial charge in [-0.1, -0.05) is 0 Å². The van der Waals surface area contributed by atoms with E-state index in [1.165, 1.54) is 13.1 Å². The number of carbonyl (C=O) groups is 1. The number of halogens is 2. The Labute approximate surface area is 90.2 Å². The van der Waals surface area contributed by atoms with Crippen molar-refractivity contribution in [3.63, 3.8) is 0 Å². The van der Waals surface area contributed by atoms with Gasteiger partial charge in [0.15, 0.2) is 0 Å². The molecule has 1 N–H and O–H groups in total. The standard InChI is InChI=1S/C10H11F2NO3/c1-3-16-10(15)6-5(2)4-13-9(14)7(6)8(11)12/h4,8H,3H2,1-2H3,(H,13,14). The van der Waals surface area contributed by atoms with Gasteiger partial charge < -0.3 is 9.72 Å². The molecule has 4 nitrogen and oxygen atoms in total. The number of ether oxygens (including phenoxy) is 1. The highest BCUT2D eigenvalue weighted by Crippen LogP contribution is 2.21. The second-order valence-corrected chi connectivity index (χ2v) is 3.11. The smallest absolute Gasteiger partial charge is 0.339 e. The Bertz CT molecular complexity index is 454. The Balaban J connectivity index is 3.40. The van der Waals surface area contributed by atoms with Crippen molar-refractivity contribution >= 4 is 5.97 Å². The molecule has 0 fully saturated rings. The first-order chi connectivity index (χ1) is 7.49. The average Bonchev–Trinajstić information content (AvgIpc) is 2.20. The van der Waals surface area contributed by atoms with Crippen molar-refractivity contribution in [1.29, 1.82) is 0 Å². The van der Waals surface area contributed by atoms with Crippen molar-refractivity contribution in [3.8, 4) is 0 Å². The molecule has 0 saturated carbocycles. The normalized spacial score (nSPS) is 10.6. The number of nitrogens with one attached hydrogen (secondary N) is 1. The summed E-state index contributed by atoms with van der Waals surface area (Å²) in [5, 5.41) is 0. The minimum Gasteiger partial charge on any atom is -0.462 e. The number of aromatic amines is 1. The van der Waals surface area contributed by atoms with Crippen LogP contribution in [0.15, 0.2) is 11.0 Å². The van der Waals surface area contributed by atoms with E-state index in [9.17, 15) is 18.4 Å². The van der Waals surface area contributed by atoms with Gasteiger partial charge in [-0.3, -0.25) is 4.79 Å². The number of pyridine rings is 1. The molecular formula is C10H11F2NO3. The van der Waals surface area contributed by atoms with Gasteiger partial charge in [0.2, 0.25) is 0 Å². The molecule has 0 aromatic carbocycles. The van der Waals surface area contributed by atoms with Gasteiger partial charge in [-0.05, 0) is 19.4 Å². The second-order valence-electron chi connectivity index (χ2n) is 3.11. The molecule has 0 aliphatic carbocycles. The molecule has 1 rings (SSSR count). The van der Waals surface area contributed by atoms with E-state index in [0.29, 0.717) is 0 Å². The molecule has 0 spiro atoms. The molecule has 1 aromatic rings. The van der Waals surface area contributed by atoms with Crippen molar-refractivity contribution in [2.45, 2.75) is 20.3 Å². The second kappa shape index (κ2) is 4.87. The van der Waals surface area contributed by atoms with E-state index in [4.69, 9.17) is 0 Å². The van der Waals surface area contributed by atoms with Crippen LogP contribution in [0.2, 0.25) is 0 Å². The van der Waals surface area contributed by atoms with E-state index in [1.54, 1.807) is 6.92 Å². The van der Waals surface area contributed by atoms with E-state index < -0.39 is 23.5 Å². The lowest BCUT2D eigenvalue weighted by molar-refractivity contribution is 0.0513. The van der Waals surface area contributed by atoms with E-state index in [-0.39, 0.29) is 17.7 Å². The molecule has 88 valence electrons. The van der Waals surface area contributed by atoms with E-state index >= 15 is 0 Å². The number of esters is 1. The first-order valence-electron chi connectivity index (χ1n) is 4.66. The molecular weight excluding hydrogens is 220 g/mol. The molecule has 0 saturated heterocycles. The van der Waals surface area contributed by atoms with Crippen molar-refractivity contribution in [2.75, 3.05) is 6.61 Å². The molecule has 1 aromatic heterocycles. The van der Waals surface area contributed by atoms with Crippen LogP contribution < -0.4 is 5.56 Å². The first-order valence-corrected chi connectivity index (χ1v) is 4.66. The van der Waals surface area contributed by atoms with Gasteiger partial charge in [0.1, 0.15) is 0 Å². The fourth-order valence-electron chi connectivity index (χ4n) is 1.33. The fraction of sp³-hybridized carbons (Fsp3) is 0.400. The summed E-state index contributed by atoms with van der Waals surface area (Å²) in [5.74, 6) is -0.901. The Hall–Kier alpha value is -1.72. The van der Waals surface area contributed by atoms with Crippen LogP contribution in [0.4, 0.5) is 8.78 Å². The third-order valence-electron chi connectivity index (χ3n) is 2.03. The van der Waals surface area contributed by atoms with Gasteiger partial charge in [-0.2, -0.15) is 0 Å². The summed E-state index contributed by atoms with van der Waals surface area (Å²) in [5.41, 5.74) is -1.89. The maximum absolute atomic E-state index is 12.6. The van der Waals surface area contributed by atoms with Gasteiger partial charge in [0.25, 0.3) is 12.0 Å². The Morgan fingerprint density at radius 1 is 1.56 bits per heavy atom. The summed E-state index contributed by atoms with van der Waals surface area (Å²) in [7, 11) is 0. The predicted molar refractivity (Wildman–Crippen MR) is 52.7 cm³/mol. The lowest BCUT2D eigenvalue weighted by atomic mass is 10.1. The molecule has 0 amide bonds. The van der Waals surface area contributed by atoms with Crippen LogP contribution >= 0.6 is 0 Å². The highest BCUT2D eigenvalue weighted by Gasteiger charge is 2.24. The molecule has 16 heavy (non-hydrogen) atoms. The fourth-order valence-corrected chi connectivity index (χ4v) is 1.33. The lowest BCUT2D eigenvalue weighted by Crippen LogP contribution is -2.21. The van der Waals surface area contributed by atoms with Crippen LogP contribution in [0.25, 0.3) is 0 Å². The van der Waals surface area contributed by atoms with Crippen LogP contribution in [0.5, 0.6) is 0 Å². The van der Waals surface area contributed by atoms with Crippen molar-refractivity contribution in [3.05, 3.63) is 33.2 Å². The average molecular weight is 231 g/mol. The van der Waals surface area contributed by atoms with Crippen LogP contribution in [0.1, 0.15) is 34.8 Å². The number of hydrogen-bond donors (Lipinski definition) is 1. The lowest BCUT2D eigenvalue weighted by Gasteiger charge is -2.09. The van der Waals surface area contributed by atoms with Gasteiger partial charge >= 0.3 is 5.97 Å². The third kappa shape index (κ3) is 2.26. The number of aromatic nitrogens is 1. The Morgan fingerprint density at radius 3 is 2.69 bits per heavy atom. The van der Waals surface area contributed by atoms with E-state index in [2.05, 4.69) is 9.72 Å². The number of aryl methyl sites for hydroxylation is 1. The summed E-state index contributed by atoms with van der Waals surface area (Å²) in [6, 6.07) is 0.